The Bertz CT molecular complexity index is 813. The van der Waals surface area contributed by atoms with Crippen LogP contribution in [0.2, 0.25) is 0 Å². The summed E-state index contributed by atoms with van der Waals surface area (Å²) in [6.45, 7) is 0. The van der Waals surface area contributed by atoms with Crippen molar-refractivity contribution in [1.82, 2.24) is 0 Å². The molecule has 1 atom stereocenters. The molecule has 0 saturated heterocycles. The monoisotopic (exact) mass is 315 g/mol. The predicted octanol–water partition coefficient (Wildman–Crippen LogP) is 2.42. The first-order valence-corrected chi connectivity index (χ1v) is 8.71. The second-order valence-electron chi connectivity index (χ2n) is 5.52. The average molecular weight is 315 g/mol. The molecule has 1 amide bonds. The third kappa shape index (κ3) is 2.52. The normalized spacial score (nSPS) is 17.7. The molecule has 4 nitrogen and oxygen atoms in total. The zero-order valence-corrected chi connectivity index (χ0v) is 12.8. The smallest absolute Gasteiger partial charge is 0.224 e. The third-order valence-corrected chi connectivity index (χ3v) is 5.90. The first-order chi connectivity index (χ1) is 10.5. The van der Waals surface area contributed by atoms with Crippen molar-refractivity contribution in [2.75, 3.05) is 0 Å². The number of nitrogens with two attached hydrogens (primary N) is 1. The zero-order chi connectivity index (χ0) is 15.7. The maximum Gasteiger partial charge on any atom is 0.224 e. The lowest BCUT2D eigenvalue weighted by Gasteiger charge is -2.23. The highest BCUT2D eigenvalue weighted by atomic mass is 32.2. The Morgan fingerprint density at radius 2 is 1.77 bits per heavy atom. The number of hydrogen-bond acceptors (Lipinski definition) is 3. The van der Waals surface area contributed by atoms with Gasteiger partial charge in [0.25, 0.3) is 0 Å². The highest BCUT2D eigenvalue weighted by Crippen LogP contribution is 2.33. The van der Waals surface area contributed by atoms with Crippen LogP contribution < -0.4 is 5.73 Å². The molecule has 2 aromatic carbocycles. The number of carbonyl (C=O) groups excluding carboxylic acids is 1. The minimum Gasteiger partial charge on any atom is -0.369 e. The number of primary amides is 1. The molecule has 114 valence electrons. The van der Waals surface area contributed by atoms with Gasteiger partial charge in [-0.25, -0.2) is 8.42 Å². The Morgan fingerprint density at radius 3 is 2.45 bits per heavy atom. The average Bonchev–Trinajstić information content (AvgIpc) is 2.54. The van der Waals surface area contributed by atoms with E-state index in [1.807, 2.05) is 0 Å². The molecule has 3 rings (SSSR count). The van der Waals surface area contributed by atoms with Crippen LogP contribution in [-0.2, 0) is 21.1 Å². The van der Waals surface area contributed by atoms with Gasteiger partial charge < -0.3 is 5.73 Å². The highest BCUT2D eigenvalue weighted by molar-refractivity contribution is 7.91. The van der Waals surface area contributed by atoms with Gasteiger partial charge in [-0.15, -0.1) is 0 Å². The number of rotatable bonds is 3. The first-order valence-electron chi connectivity index (χ1n) is 7.22. The van der Waals surface area contributed by atoms with Crippen LogP contribution in [0.5, 0.6) is 0 Å². The summed E-state index contributed by atoms with van der Waals surface area (Å²) in [5.41, 5.74) is 7.22. The fourth-order valence-electron chi connectivity index (χ4n) is 2.99. The minimum absolute atomic E-state index is 0.266. The van der Waals surface area contributed by atoms with E-state index in [0.29, 0.717) is 0 Å². The number of fused-ring (bicyclic) bond motifs is 1. The fourth-order valence-corrected chi connectivity index (χ4v) is 4.32. The molecule has 0 aliphatic heterocycles. The van der Waals surface area contributed by atoms with Crippen LogP contribution in [0.15, 0.2) is 58.3 Å². The Kier molecular flexibility index (Phi) is 3.74. The van der Waals surface area contributed by atoms with Gasteiger partial charge in [-0.2, -0.15) is 0 Å². The molecule has 0 saturated carbocycles. The van der Waals surface area contributed by atoms with E-state index >= 15 is 0 Å². The van der Waals surface area contributed by atoms with E-state index < -0.39 is 9.84 Å². The van der Waals surface area contributed by atoms with Gasteiger partial charge in [0.15, 0.2) is 0 Å². The molecule has 5 heteroatoms. The lowest BCUT2D eigenvalue weighted by Crippen LogP contribution is -2.25. The van der Waals surface area contributed by atoms with Gasteiger partial charge in [-0.05, 0) is 54.7 Å². The molecular formula is C17H17NO3S. The lowest BCUT2D eigenvalue weighted by molar-refractivity contribution is -0.119. The molecule has 22 heavy (non-hydrogen) atoms. The van der Waals surface area contributed by atoms with E-state index in [9.17, 15) is 13.2 Å². The quantitative estimate of drug-likeness (QED) is 0.945. The molecule has 0 aromatic heterocycles. The van der Waals surface area contributed by atoms with Gasteiger partial charge >= 0.3 is 0 Å². The van der Waals surface area contributed by atoms with Gasteiger partial charge in [0, 0.05) is 0 Å². The molecule has 0 radical (unpaired) electrons. The zero-order valence-electron chi connectivity index (χ0n) is 12.0. The number of hydrogen-bond donors (Lipinski definition) is 1. The topological polar surface area (TPSA) is 77.2 Å². The summed E-state index contributed by atoms with van der Waals surface area (Å²) in [7, 11) is -3.53. The van der Waals surface area contributed by atoms with Crippen molar-refractivity contribution < 1.29 is 13.2 Å². The number of aryl methyl sites for hydroxylation is 1. The van der Waals surface area contributed by atoms with Gasteiger partial charge in [0.05, 0.1) is 15.7 Å². The Morgan fingerprint density at radius 1 is 1.05 bits per heavy atom. The standard InChI is InChI=1S/C17H17NO3S/c18-17(19)16-8-4-5-12-11-14(9-10-15(12)16)22(20,21)13-6-2-1-3-7-13/h1-3,6-7,9-11,16H,4-5,8H2,(H2,18,19)/t16-/m1/s1. The molecule has 2 aromatic rings. The van der Waals surface area contributed by atoms with Gasteiger partial charge in [0.2, 0.25) is 15.7 Å². The number of benzene rings is 2. The van der Waals surface area contributed by atoms with E-state index in [1.165, 1.54) is 0 Å². The minimum atomic E-state index is -3.53. The third-order valence-electron chi connectivity index (χ3n) is 4.14. The Labute approximate surface area is 129 Å². The maximum atomic E-state index is 12.6. The van der Waals surface area contributed by atoms with Crippen molar-refractivity contribution in [2.45, 2.75) is 35.0 Å². The van der Waals surface area contributed by atoms with Crippen molar-refractivity contribution in [3.8, 4) is 0 Å². The number of sulfone groups is 1. The van der Waals surface area contributed by atoms with Crippen LogP contribution >= 0.6 is 0 Å². The van der Waals surface area contributed by atoms with E-state index in [-0.39, 0.29) is 21.6 Å². The number of carbonyl (C=O) groups is 1. The van der Waals surface area contributed by atoms with Gasteiger partial charge in [0.1, 0.15) is 0 Å². The summed E-state index contributed by atoms with van der Waals surface area (Å²) in [6.07, 6.45) is 2.35. The van der Waals surface area contributed by atoms with E-state index in [1.54, 1.807) is 48.5 Å². The summed E-state index contributed by atoms with van der Waals surface area (Å²) >= 11 is 0. The molecule has 0 spiro atoms. The van der Waals surface area contributed by atoms with Crippen LogP contribution in [-0.4, -0.2) is 14.3 Å². The fraction of sp³-hybridized carbons (Fsp3) is 0.235. The summed E-state index contributed by atoms with van der Waals surface area (Å²) < 4.78 is 25.3. The van der Waals surface area contributed by atoms with Crippen molar-refractivity contribution in [2.24, 2.45) is 5.73 Å². The molecule has 1 aliphatic rings. The largest absolute Gasteiger partial charge is 0.369 e. The SMILES string of the molecule is NC(=O)[C@@H]1CCCc2cc(S(=O)(=O)c3ccccc3)ccc21. The lowest BCUT2D eigenvalue weighted by atomic mass is 9.82. The van der Waals surface area contributed by atoms with Crippen molar-refractivity contribution in [3.63, 3.8) is 0 Å². The van der Waals surface area contributed by atoms with Gasteiger partial charge in [-0.3, -0.25) is 4.79 Å². The first kappa shape index (κ1) is 14.8. The molecule has 0 unspecified atom stereocenters. The molecule has 0 bridgehead atoms. The molecular weight excluding hydrogens is 298 g/mol. The van der Waals surface area contributed by atoms with Crippen molar-refractivity contribution in [1.29, 1.82) is 0 Å². The summed E-state index contributed by atoms with van der Waals surface area (Å²) in [5.74, 6) is -0.656. The van der Waals surface area contributed by atoms with Gasteiger partial charge in [-0.1, -0.05) is 24.3 Å². The maximum absolute atomic E-state index is 12.6. The molecule has 0 fully saturated rings. The van der Waals surface area contributed by atoms with Crippen LogP contribution in [0.1, 0.15) is 29.9 Å². The molecule has 1 aliphatic carbocycles. The van der Waals surface area contributed by atoms with Crippen LogP contribution in [0, 0.1) is 0 Å². The summed E-state index contributed by atoms with van der Waals surface area (Å²) in [5, 5.41) is 0. The van der Waals surface area contributed by atoms with Crippen molar-refractivity contribution >= 4 is 15.7 Å². The highest BCUT2D eigenvalue weighted by Gasteiger charge is 2.26. The second kappa shape index (κ2) is 5.57. The number of amides is 1. The Hall–Kier alpha value is -2.14. The Balaban J connectivity index is 2.06. The van der Waals surface area contributed by atoms with E-state index in [2.05, 4.69) is 0 Å². The molecule has 2 N–H and O–H groups in total. The summed E-state index contributed by atoms with van der Waals surface area (Å²) in [6, 6.07) is 13.4. The predicted molar refractivity (Wildman–Crippen MR) is 83.2 cm³/mol. The van der Waals surface area contributed by atoms with Crippen LogP contribution in [0.4, 0.5) is 0 Å². The van der Waals surface area contributed by atoms with Crippen molar-refractivity contribution in [3.05, 3.63) is 59.7 Å². The summed E-state index contributed by atoms with van der Waals surface area (Å²) in [4.78, 5) is 12.1. The van der Waals surface area contributed by atoms with E-state index in [4.69, 9.17) is 5.73 Å². The van der Waals surface area contributed by atoms with Crippen LogP contribution in [0.25, 0.3) is 0 Å². The van der Waals surface area contributed by atoms with E-state index in [0.717, 1.165) is 30.4 Å². The van der Waals surface area contributed by atoms with Crippen LogP contribution in [0.3, 0.4) is 0 Å². The molecule has 0 heterocycles. The second-order valence-corrected chi connectivity index (χ2v) is 7.47.